The standard InChI is InChI=1S/C29H25ClN2O3S/c1-20(29(34)32-24-11-15-26(16-12-24)35-25-5-3-2-4-6-25)36-27-17-13-23(14-18-27)31-28(33)19-21-7-9-22(30)10-8-21/h2-18,20H,19H2,1H3,(H,31,33)(H,32,34). The second kappa shape index (κ2) is 12.3. The van der Waals surface area contributed by atoms with Crippen LogP contribution in [0.4, 0.5) is 11.4 Å². The summed E-state index contributed by atoms with van der Waals surface area (Å²) in [6.45, 7) is 1.86. The number of halogens is 1. The normalized spacial score (nSPS) is 11.4. The third kappa shape index (κ3) is 7.63. The van der Waals surface area contributed by atoms with Gasteiger partial charge >= 0.3 is 0 Å². The van der Waals surface area contributed by atoms with Gasteiger partial charge in [0.05, 0.1) is 11.7 Å². The number of ether oxygens (including phenoxy) is 1. The summed E-state index contributed by atoms with van der Waals surface area (Å²) in [7, 11) is 0. The van der Waals surface area contributed by atoms with Crippen molar-refractivity contribution in [1.82, 2.24) is 0 Å². The molecule has 2 N–H and O–H groups in total. The predicted octanol–water partition coefficient (Wildman–Crippen LogP) is 7.43. The third-order valence-corrected chi connectivity index (χ3v) is 6.56. The number of carbonyl (C=O) groups is 2. The molecule has 36 heavy (non-hydrogen) atoms. The zero-order valence-corrected chi connectivity index (χ0v) is 21.2. The minimum Gasteiger partial charge on any atom is -0.457 e. The molecule has 0 fully saturated rings. The van der Waals surface area contributed by atoms with Gasteiger partial charge in [-0.2, -0.15) is 0 Å². The second-order valence-corrected chi connectivity index (χ2v) is 9.92. The van der Waals surface area contributed by atoms with Gasteiger partial charge in [0.2, 0.25) is 11.8 Å². The molecular formula is C29H25ClN2O3S. The van der Waals surface area contributed by atoms with Crippen molar-refractivity contribution in [2.75, 3.05) is 10.6 Å². The van der Waals surface area contributed by atoms with Gasteiger partial charge in [-0.3, -0.25) is 9.59 Å². The van der Waals surface area contributed by atoms with Gasteiger partial charge in [0.1, 0.15) is 11.5 Å². The molecule has 1 unspecified atom stereocenters. The van der Waals surface area contributed by atoms with Crippen LogP contribution < -0.4 is 15.4 Å². The van der Waals surface area contributed by atoms with Crippen molar-refractivity contribution in [2.24, 2.45) is 0 Å². The fourth-order valence-corrected chi connectivity index (χ4v) is 4.34. The predicted molar refractivity (Wildman–Crippen MR) is 147 cm³/mol. The van der Waals surface area contributed by atoms with Gasteiger partial charge in [0.15, 0.2) is 0 Å². The van der Waals surface area contributed by atoms with Gasteiger partial charge in [0.25, 0.3) is 0 Å². The first-order valence-electron chi connectivity index (χ1n) is 11.4. The Kier molecular flexibility index (Phi) is 8.66. The van der Waals surface area contributed by atoms with E-state index in [4.69, 9.17) is 16.3 Å². The van der Waals surface area contributed by atoms with Crippen molar-refractivity contribution in [1.29, 1.82) is 0 Å². The minimum absolute atomic E-state index is 0.0999. The SMILES string of the molecule is CC(Sc1ccc(NC(=O)Cc2ccc(Cl)cc2)cc1)C(=O)Nc1ccc(Oc2ccccc2)cc1. The summed E-state index contributed by atoms with van der Waals surface area (Å²) < 4.78 is 5.78. The van der Waals surface area contributed by atoms with Crippen LogP contribution in [0, 0.1) is 0 Å². The van der Waals surface area contributed by atoms with E-state index in [1.54, 1.807) is 12.1 Å². The molecule has 182 valence electrons. The van der Waals surface area contributed by atoms with E-state index in [0.29, 0.717) is 22.1 Å². The number of carbonyl (C=O) groups excluding carboxylic acids is 2. The molecule has 4 aromatic carbocycles. The lowest BCUT2D eigenvalue weighted by atomic mass is 10.1. The maximum absolute atomic E-state index is 12.7. The first kappa shape index (κ1) is 25.4. The van der Waals surface area contributed by atoms with Gasteiger partial charge < -0.3 is 15.4 Å². The molecule has 5 nitrogen and oxygen atoms in total. The maximum Gasteiger partial charge on any atom is 0.237 e. The molecular weight excluding hydrogens is 492 g/mol. The van der Waals surface area contributed by atoms with E-state index in [1.165, 1.54) is 11.8 Å². The summed E-state index contributed by atoms with van der Waals surface area (Å²) in [5.41, 5.74) is 2.29. The Labute approximate surface area is 219 Å². The first-order valence-corrected chi connectivity index (χ1v) is 12.7. The van der Waals surface area contributed by atoms with Gasteiger partial charge in [0, 0.05) is 21.3 Å². The molecule has 2 amide bonds. The number of hydrogen-bond donors (Lipinski definition) is 2. The Hall–Kier alpha value is -3.74. The quantitative estimate of drug-likeness (QED) is 0.227. The van der Waals surface area contributed by atoms with Gasteiger partial charge in [-0.1, -0.05) is 41.9 Å². The Morgan fingerprint density at radius 1 is 0.778 bits per heavy atom. The molecule has 0 heterocycles. The molecule has 0 saturated carbocycles. The summed E-state index contributed by atoms with van der Waals surface area (Å²) in [6, 6.07) is 31.4. The van der Waals surface area contributed by atoms with Crippen LogP contribution in [0.5, 0.6) is 11.5 Å². The van der Waals surface area contributed by atoms with Crippen molar-refractivity contribution in [2.45, 2.75) is 23.5 Å². The molecule has 0 radical (unpaired) electrons. The maximum atomic E-state index is 12.7. The molecule has 4 rings (SSSR count). The van der Waals surface area contributed by atoms with Crippen LogP contribution in [0.25, 0.3) is 0 Å². The molecule has 1 atom stereocenters. The van der Waals surface area contributed by atoms with Crippen molar-refractivity contribution in [3.63, 3.8) is 0 Å². The second-order valence-electron chi connectivity index (χ2n) is 8.06. The van der Waals surface area contributed by atoms with Crippen molar-refractivity contribution in [3.8, 4) is 11.5 Å². The minimum atomic E-state index is -0.310. The molecule has 0 aliphatic rings. The fourth-order valence-electron chi connectivity index (χ4n) is 3.34. The Bertz CT molecular complexity index is 1300. The average molecular weight is 517 g/mol. The van der Waals surface area contributed by atoms with Crippen LogP contribution in [-0.2, 0) is 16.0 Å². The Morgan fingerprint density at radius 3 is 2.03 bits per heavy atom. The lowest BCUT2D eigenvalue weighted by molar-refractivity contribution is -0.116. The van der Waals surface area contributed by atoms with Crippen LogP contribution in [0.1, 0.15) is 12.5 Å². The number of anilines is 2. The monoisotopic (exact) mass is 516 g/mol. The van der Waals surface area contributed by atoms with E-state index in [2.05, 4.69) is 10.6 Å². The zero-order chi connectivity index (χ0) is 25.3. The van der Waals surface area contributed by atoms with Crippen LogP contribution in [-0.4, -0.2) is 17.1 Å². The van der Waals surface area contributed by atoms with E-state index in [0.717, 1.165) is 16.2 Å². The lowest BCUT2D eigenvalue weighted by Gasteiger charge is -2.13. The number of nitrogens with one attached hydrogen (secondary N) is 2. The number of para-hydroxylation sites is 1. The largest absolute Gasteiger partial charge is 0.457 e. The summed E-state index contributed by atoms with van der Waals surface area (Å²) in [5, 5.41) is 6.16. The molecule has 0 bridgehead atoms. The van der Waals surface area contributed by atoms with E-state index in [-0.39, 0.29) is 23.5 Å². The van der Waals surface area contributed by atoms with Gasteiger partial charge in [-0.25, -0.2) is 0 Å². The highest BCUT2D eigenvalue weighted by Gasteiger charge is 2.15. The Morgan fingerprint density at radius 2 is 1.36 bits per heavy atom. The number of benzene rings is 4. The molecule has 0 aliphatic heterocycles. The number of rotatable bonds is 9. The third-order valence-electron chi connectivity index (χ3n) is 5.20. The van der Waals surface area contributed by atoms with Gasteiger partial charge in [-0.05, 0) is 85.3 Å². The molecule has 7 heteroatoms. The summed E-state index contributed by atoms with van der Waals surface area (Å²) in [6.07, 6.45) is 0.268. The first-order chi connectivity index (χ1) is 17.4. The van der Waals surface area contributed by atoms with E-state index < -0.39 is 0 Å². The number of amides is 2. The highest BCUT2D eigenvalue weighted by Crippen LogP contribution is 2.27. The fraction of sp³-hybridized carbons (Fsp3) is 0.103. The molecule has 0 saturated heterocycles. The van der Waals surface area contributed by atoms with Crippen LogP contribution >= 0.6 is 23.4 Å². The molecule has 4 aromatic rings. The highest BCUT2D eigenvalue weighted by molar-refractivity contribution is 8.00. The van der Waals surface area contributed by atoms with Crippen molar-refractivity contribution >= 4 is 46.6 Å². The summed E-state index contributed by atoms with van der Waals surface area (Å²) >= 11 is 7.33. The number of thioether (sulfide) groups is 1. The van der Waals surface area contributed by atoms with Crippen LogP contribution in [0.3, 0.4) is 0 Å². The molecule has 0 spiro atoms. The van der Waals surface area contributed by atoms with Crippen LogP contribution in [0.15, 0.2) is 108 Å². The topological polar surface area (TPSA) is 67.4 Å². The van der Waals surface area contributed by atoms with E-state index in [9.17, 15) is 9.59 Å². The van der Waals surface area contributed by atoms with E-state index >= 15 is 0 Å². The summed E-state index contributed by atoms with van der Waals surface area (Å²) in [5.74, 6) is 1.25. The van der Waals surface area contributed by atoms with E-state index in [1.807, 2.05) is 97.9 Å². The van der Waals surface area contributed by atoms with Crippen LogP contribution in [0.2, 0.25) is 5.02 Å². The lowest BCUT2D eigenvalue weighted by Crippen LogP contribution is -2.22. The average Bonchev–Trinajstić information content (AvgIpc) is 2.88. The molecule has 0 aliphatic carbocycles. The number of hydrogen-bond acceptors (Lipinski definition) is 4. The summed E-state index contributed by atoms with van der Waals surface area (Å²) in [4.78, 5) is 25.9. The highest BCUT2D eigenvalue weighted by atomic mass is 35.5. The zero-order valence-electron chi connectivity index (χ0n) is 19.6. The Balaban J connectivity index is 1.25. The van der Waals surface area contributed by atoms with Gasteiger partial charge in [-0.15, -0.1) is 11.8 Å². The van der Waals surface area contributed by atoms with Crippen molar-refractivity contribution in [3.05, 3.63) is 114 Å². The smallest absolute Gasteiger partial charge is 0.237 e. The molecule has 0 aromatic heterocycles. The van der Waals surface area contributed by atoms with Crippen molar-refractivity contribution < 1.29 is 14.3 Å².